The minimum Gasteiger partial charge on any atom is -0.299 e. The van der Waals surface area contributed by atoms with Gasteiger partial charge in [0.2, 0.25) is 0 Å². The second-order valence-corrected chi connectivity index (χ2v) is 5.22. The van der Waals surface area contributed by atoms with Crippen molar-refractivity contribution >= 4 is 17.4 Å². The van der Waals surface area contributed by atoms with Crippen LogP contribution < -0.4 is 0 Å². The Morgan fingerprint density at radius 3 is 2.39 bits per heavy atom. The van der Waals surface area contributed by atoms with Gasteiger partial charge in [0.15, 0.2) is 0 Å². The summed E-state index contributed by atoms with van der Waals surface area (Å²) in [6.45, 7) is 3.17. The SMILES string of the molecule is CC(=O)C1C(C)=NC(C(=C=N)C#N)=C(C#N)[C@H]1c1ccccc1. The van der Waals surface area contributed by atoms with E-state index in [0.717, 1.165) is 5.56 Å². The quantitative estimate of drug-likeness (QED) is 0.686. The highest BCUT2D eigenvalue weighted by molar-refractivity contribution is 6.06. The zero-order valence-corrected chi connectivity index (χ0v) is 12.8. The highest BCUT2D eigenvalue weighted by Gasteiger charge is 2.38. The predicted molar refractivity (Wildman–Crippen MR) is 86.0 cm³/mol. The molecular formula is C18H14N4O. The maximum Gasteiger partial charge on any atom is 0.139 e. The van der Waals surface area contributed by atoms with E-state index < -0.39 is 11.8 Å². The Bertz CT molecular complexity index is 843. The number of nitriles is 2. The van der Waals surface area contributed by atoms with Crippen LogP contribution in [0.15, 0.2) is 52.2 Å². The van der Waals surface area contributed by atoms with Crippen LogP contribution in [0.2, 0.25) is 0 Å². The number of hydrogen-bond acceptors (Lipinski definition) is 5. The number of Topliss-reactive ketones (excluding diaryl/α,β-unsaturated/α-hetero) is 1. The molecule has 1 heterocycles. The fourth-order valence-electron chi connectivity index (χ4n) is 2.86. The van der Waals surface area contributed by atoms with Crippen LogP contribution in [0.25, 0.3) is 0 Å². The summed E-state index contributed by atoms with van der Waals surface area (Å²) in [4.78, 5) is 16.4. The van der Waals surface area contributed by atoms with Crippen LogP contribution in [-0.4, -0.2) is 17.4 Å². The highest BCUT2D eigenvalue weighted by atomic mass is 16.1. The number of benzene rings is 1. The minimum atomic E-state index is -0.554. The standard InChI is InChI=1S/C18H14N4O/c1-11-16(12(2)23)17(13-6-4-3-5-7-13)15(10-21)18(22-11)14(8-19)9-20/h3-7,16-17,19H,1-2H3/t16?,17-/m1/s1. The number of allylic oxidation sites excluding steroid dienone is 2. The van der Waals surface area contributed by atoms with E-state index in [1.54, 1.807) is 6.92 Å². The molecule has 0 aromatic heterocycles. The second-order valence-electron chi connectivity index (χ2n) is 5.22. The van der Waals surface area contributed by atoms with E-state index in [9.17, 15) is 10.1 Å². The Balaban J connectivity index is 2.79. The van der Waals surface area contributed by atoms with Gasteiger partial charge in [0.25, 0.3) is 0 Å². The first-order valence-corrected chi connectivity index (χ1v) is 7.00. The molecule has 1 N–H and O–H groups in total. The van der Waals surface area contributed by atoms with Gasteiger partial charge in [-0.25, -0.2) is 0 Å². The zero-order chi connectivity index (χ0) is 17.0. The van der Waals surface area contributed by atoms with Gasteiger partial charge in [-0.15, -0.1) is 0 Å². The maximum atomic E-state index is 12.1. The van der Waals surface area contributed by atoms with E-state index in [0.29, 0.717) is 5.71 Å². The molecule has 112 valence electrons. The van der Waals surface area contributed by atoms with Gasteiger partial charge in [0, 0.05) is 11.6 Å². The van der Waals surface area contributed by atoms with Gasteiger partial charge in [0.1, 0.15) is 23.1 Å². The number of rotatable bonds is 3. The number of carbonyl (C=O) groups excluding carboxylic acids is 1. The lowest BCUT2D eigenvalue weighted by atomic mass is 9.74. The van der Waals surface area contributed by atoms with Gasteiger partial charge < -0.3 is 0 Å². The molecule has 0 radical (unpaired) electrons. The van der Waals surface area contributed by atoms with Gasteiger partial charge in [-0.3, -0.25) is 15.2 Å². The number of hydrogen-bond donors (Lipinski definition) is 1. The molecule has 0 bridgehead atoms. The summed E-state index contributed by atoms with van der Waals surface area (Å²) in [6.07, 6.45) is 0. The summed E-state index contributed by atoms with van der Waals surface area (Å²) >= 11 is 0. The third kappa shape index (κ3) is 2.87. The molecule has 23 heavy (non-hydrogen) atoms. The first-order chi connectivity index (χ1) is 11.0. The van der Waals surface area contributed by atoms with E-state index in [2.05, 4.69) is 11.1 Å². The van der Waals surface area contributed by atoms with Gasteiger partial charge in [0.05, 0.1) is 17.6 Å². The van der Waals surface area contributed by atoms with E-state index in [1.807, 2.05) is 42.3 Å². The molecule has 1 aliphatic heterocycles. The first-order valence-electron chi connectivity index (χ1n) is 7.00. The molecule has 0 fully saturated rings. The van der Waals surface area contributed by atoms with Crippen molar-refractivity contribution in [2.75, 3.05) is 0 Å². The molecule has 2 atom stereocenters. The Morgan fingerprint density at radius 2 is 1.91 bits per heavy atom. The van der Waals surface area contributed by atoms with E-state index in [4.69, 9.17) is 10.7 Å². The van der Waals surface area contributed by atoms with E-state index in [1.165, 1.54) is 6.92 Å². The molecule has 1 unspecified atom stereocenters. The summed E-state index contributed by atoms with van der Waals surface area (Å²) < 4.78 is 0. The lowest BCUT2D eigenvalue weighted by Crippen LogP contribution is -2.31. The average Bonchev–Trinajstić information content (AvgIpc) is 2.55. The number of nitrogens with one attached hydrogen (secondary N) is 1. The molecule has 0 saturated carbocycles. The summed E-state index contributed by atoms with van der Waals surface area (Å²) in [5, 5.41) is 26.0. The topological polar surface area (TPSA) is 101 Å². The van der Waals surface area contributed by atoms with Crippen LogP contribution in [0, 0.1) is 34.0 Å². The van der Waals surface area contributed by atoms with Crippen molar-refractivity contribution in [1.82, 2.24) is 0 Å². The highest BCUT2D eigenvalue weighted by Crippen LogP contribution is 2.40. The fraction of sp³-hybridized carbons (Fsp3) is 0.222. The summed E-state index contributed by atoms with van der Waals surface area (Å²) in [7, 11) is 0. The molecule has 0 spiro atoms. The lowest BCUT2D eigenvalue weighted by Gasteiger charge is -2.30. The molecule has 5 nitrogen and oxygen atoms in total. The second kappa shape index (κ2) is 6.66. The minimum absolute atomic E-state index is 0.0933. The van der Waals surface area contributed by atoms with Gasteiger partial charge >= 0.3 is 0 Å². The summed E-state index contributed by atoms with van der Waals surface area (Å²) in [6, 6.07) is 13.1. The molecule has 1 aromatic carbocycles. The molecule has 0 saturated heterocycles. The monoisotopic (exact) mass is 302 g/mol. The fourth-order valence-corrected chi connectivity index (χ4v) is 2.86. The summed E-state index contributed by atoms with van der Waals surface area (Å²) in [5.74, 6) is 0.868. The van der Waals surface area contributed by atoms with Gasteiger partial charge in [-0.05, 0) is 25.3 Å². The molecule has 1 aromatic rings. The molecule has 0 amide bonds. The molecule has 1 aliphatic rings. The Kier molecular flexibility index (Phi) is 4.66. The number of ketones is 1. The van der Waals surface area contributed by atoms with Crippen LogP contribution in [0.4, 0.5) is 0 Å². The molecule has 0 aliphatic carbocycles. The Hall–Kier alpha value is -3.27. The van der Waals surface area contributed by atoms with Crippen LogP contribution >= 0.6 is 0 Å². The van der Waals surface area contributed by atoms with Crippen LogP contribution in [-0.2, 0) is 4.79 Å². The largest absolute Gasteiger partial charge is 0.299 e. The Morgan fingerprint density at radius 1 is 1.26 bits per heavy atom. The Labute approximate surface area is 134 Å². The van der Waals surface area contributed by atoms with Gasteiger partial charge in [-0.1, -0.05) is 30.3 Å². The molecule has 2 rings (SSSR count). The lowest BCUT2D eigenvalue weighted by molar-refractivity contribution is -0.119. The maximum absolute atomic E-state index is 12.1. The van der Waals surface area contributed by atoms with E-state index >= 15 is 0 Å². The van der Waals surface area contributed by atoms with Crippen molar-refractivity contribution in [3.8, 4) is 12.1 Å². The van der Waals surface area contributed by atoms with Crippen molar-refractivity contribution < 1.29 is 4.79 Å². The average molecular weight is 302 g/mol. The third-order valence-electron chi connectivity index (χ3n) is 3.83. The van der Waals surface area contributed by atoms with Crippen molar-refractivity contribution in [3.05, 3.63) is 52.7 Å². The normalized spacial score (nSPS) is 19.9. The number of carbonyl (C=O) groups is 1. The third-order valence-corrected chi connectivity index (χ3v) is 3.83. The van der Waals surface area contributed by atoms with Crippen LogP contribution in [0.3, 0.4) is 0 Å². The van der Waals surface area contributed by atoms with Gasteiger partial charge in [-0.2, -0.15) is 10.5 Å². The van der Waals surface area contributed by atoms with Crippen molar-refractivity contribution in [2.24, 2.45) is 10.9 Å². The van der Waals surface area contributed by atoms with Crippen molar-refractivity contribution in [2.45, 2.75) is 19.8 Å². The summed E-state index contributed by atoms with van der Waals surface area (Å²) in [5.41, 5.74) is 1.58. The first kappa shape index (κ1) is 16.1. The van der Waals surface area contributed by atoms with Crippen LogP contribution in [0.5, 0.6) is 0 Å². The van der Waals surface area contributed by atoms with Crippen molar-refractivity contribution in [1.29, 1.82) is 15.9 Å². The zero-order valence-electron chi connectivity index (χ0n) is 12.8. The van der Waals surface area contributed by atoms with Crippen LogP contribution in [0.1, 0.15) is 25.3 Å². The number of nitrogens with zero attached hydrogens (tertiary/aromatic N) is 3. The molecular weight excluding hydrogens is 288 g/mol. The molecule has 5 heteroatoms. The van der Waals surface area contributed by atoms with Crippen molar-refractivity contribution in [3.63, 3.8) is 0 Å². The predicted octanol–water partition coefficient (Wildman–Crippen LogP) is 2.93. The van der Waals surface area contributed by atoms with E-state index in [-0.39, 0.29) is 22.6 Å². The smallest absolute Gasteiger partial charge is 0.139 e. The number of aliphatic imine (C=N–C) groups is 1.